The molecule has 0 unspecified atom stereocenters. The normalized spacial score (nSPS) is 19.5. The van der Waals surface area contributed by atoms with Crippen LogP contribution in [0, 0.1) is 5.92 Å². The third-order valence-electron chi connectivity index (χ3n) is 5.21. The number of hydrogen-bond donors (Lipinski definition) is 2. The predicted octanol–water partition coefficient (Wildman–Crippen LogP) is 1.65. The van der Waals surface area contributed by atoms with Crippen LogP contribution >= 0.6 is 0 Å². The Labute approximate surface area is 177 Å². The van der Waals surface area contributed by atoms with Gasteiger partial charge in [0.05, 0.1) is 5.92 Å². The number of carbonyl (C=O) groups excluding carboxylic acids is 2. The number of nitrogens with one attached hydrogen (secondary N) is 2. The van der Waals surface area contributed by atoms with Gasteiger partial charge in [0, 0.05) is 38.1 Å². The fourth-order valence-corrected chi connectivity index (χ4v) is 3.70. The lowest BCUT2D eigenvalue weighted by atomic mass is 10.0. The maximum Gasteiger partial charge on any atom is 0.258 e. The number of likely N-dealkylation sites (tertiary alicyclic amines) is 1. The first kappa shape index (κ1) is 21.8. The Morgan fingerprint density at radius 3 is 2.73 bits per heavy atom. The molecule has 7 heteroatoms. The average Bonchev–Trinajstić information content (AvgIpc) is 2.94. The molecule has 2 atom stereocenters. The number of amides is 2. The van der Waals surface area contributed by atoms with Crippen LogP contribution in [-0.4, -0.2) is 61.0 Å². The SMILES string of the molecule is CN1C[C@@H](NC(=O)COc2ccccc2)CC[C@@H](C(=O)NCCc2cccnc2)C1. The summed E-state index contributed by atoms with van der Waals surface area (Å²) in [6.45, 7) is 1.99. The number of para-hydroxylation sites is 1. The average molecular weight is 411 g/mol. The molecule has 1 aliphatic heterocycles. The number of ether oxygens (including phenoxy) is 1. The standard InChI is InChI=1S/C23H30N4O3/c1-27-15-19(23(29)25-13-11-18-6-5-12-24-14-18)9-10-20(16-27)26-22(28)17-30-21-7-3-2-4-8-21/h2-8,12,14,19-20H,9-11,13,15-17H2,1H3,(H,25,29)(H,26,28)/t19-,20+/m1/s1. The second kappa shape index (κ2) is 11.3. The molecule has 1 aliphatic rings. The van der Waals surface area contributed by atoms with Gasteiger partial charge in [-0.2, -0.15) is 0 Å². The van der Waals surface area contributed by atoms with Gasteiger partial charge < -0.3 is 20.3 Å². The molecule has 2 heterocycles. The highest BCUT2D eigenvalue weighted by atomic mass is 16.5. The molecule has 2 amide bonds. The van der Waals surface area contributed by atoms with Crippen molar-refractivity contribution in [1.82, 2.24) is 20.5 Å². The third-order valence-corrected chi connectivity index (χ3v) is 5.21. The zero-order valence-corrected chi connectivity index (χ0v) is 17.4. The lowest BCUT2D eigenvalue weighted by molar-refractivity contribution is -0.125. The molecule has 2 N–H and O–H groups in total. The molecule has 160 valence electrons. The zero-order chi connectivity index (χ0) is 21.2. The van der Waals surface area contributed by atoms with E-state index in [0.717, 1.165) is 31.4 Å². The lowest BCUT2D eigenvalue weighted by Crippen LogP contribution is -2.43. The van der Waals surface area contributed by atoms with Gasteiger partial charge in [0.1, 0.15) is 5.75 Å². The lowest BCUT2D eigenvalue weighted by Gasteiger charge is -2.22. The predicted molar refractivity (Wildman–Crippen MR) is 115 cm³/mol. The van der Waals surface area contributed by atoms with Gasteiger partial charge >= 0.3 is 0 Å². The Morgan fingerprint density at radius 1 is 1.13 bits per heavy atom. The molecule has 1 saturated heterocycles. The maximum absolute atomic E-state index is 12.6. The van der Waals surface area contributed by atoms with E-state index >= 15 is 0 Å². The molecule has 7 nitrogen and oxygen atoms in total. The Balaban J connectivity index is 1.40. The Morgan fingerprint density at radius 2 is 1.97 bits per heavy atom. The minimum Gasteiger partial charge on any atom is -0.484 e. The quantitative estimate of drug-likeness (QED) is 0.691. The number of likely N-dealkylation sites (N-methyl/N-ethyl adjacent to an activating group) is 1. The number of carbonyl (C=O) groups is 2. The van der Waals surface area contributed by atoms with Crippen molar-refractivity contribution in [1.29, 1.82) is 0 Å². The highest BCUT2D eigenvalue weighted by Gasteiger charge is 2.27. The summed E-state index contributed by atoms with van der Waals surface area (Å²) >= 11 is 0. The first-order chi connectivity index (χ1) is 14.6. The van der Waals surface area contributed by atoms with Crippen molar-refractivity contribution >= 4 is 11.8 Å². The second-order valence-electron chi connectivity index (χ2n) is 7.76. The molecule has 0 aliphatic carbocycles. The Bertz CT molecular complexity index is 801. The molecule has 0 saturated carbocycles. The molecule has 30 heavy (non-hydrogen) atoms. The highest BCUT2D eigenvalue weighted by Crippen LogP contribution is 2.16. The van der Waals surface area contributed by atoms with E-state index in [4.69, 9.17) is 4.74 Å². The number of aromatic nitrogens is 1. The van der Waals surface area contributed by atoms with Crippen molar-refractivity contribution in [3.05, 3.63) is 60.4 Å². The van der Waals surface area contributed by atoms with E-state index < -0.39 is 0 Å². The number of hydrogen-bond acceptors (Lipinski definition) is 5. The molecule has 3 rings (SSSR count). The van der Waals surface area contributed by atoms with Crippen LogP contribution in [-0.2, 0) is 16.0 Å². The molecule has 0 radical (unpaired) electrons. The minimum atomic E-state index is -0.142. The first-order valence-electron chi connectivity index (χ1n) is 10.4. The zero-order valence-electron chi connectivity index (χ0n) is 17.4. The summed E-state index contributed by atoms with van der Waals surface area (Å²) in [5, 5.41) is 6.08. The van der Waals surface area contributed by atoms with Crippen molar-refractivity contribution in [2.24, 2.45) is 5.92 Å². The molecule has 0 bridgehead atoms. The third kappa shape index (κ3) is 7.15. The van der Waals surface area contributed by atoms with Crippen LogP contribution in [0.4, 0.5) is 0 Å². The van der Waals surface area contributed by atoms with Crippen molar-refractivity contribution in [2.75, 3.05) is 33.3 Å². The molecule has 0 spiro atoms. The highest BCUT2D eigenvalue weighted by molar-refractivity contribution is 5.79. The minimum absolute atomic E-state index is 0.00932. The molecular formula is C23H30N4O3. The van der Waals surface area contributed by atoms with Crippen LogP contribution in [0.25, 0.3) is 0 Å². The summed E-state index contributed by atoms with van der Waals surface area (Å²) < 4.78 is 5.51. The van der Waals surface area contributed by atoms with Gasteiger partial charge in [-0.1, -0.05) is 24.3 Å². The van der Waals surface area contributed by atoms with Crippen LogP contribution in [0.2, 0.25) is 0 Å². The van der Waals surface area contributed by atoms with E-state index in [1.54, 1.807) is 6.20 Å². The molecule has 1 aromatic carbocycles. The fraction of sp³-hybridized carbons (Fsp3) is 0.435. The largest absolute Gasteiger partial charge is 0.484 e. The van der Waals surface area contributed by atoms with E-state index in [2.05, 4.69) is 20.5 Å². The van der Waals surface area contributed by atoms with Gasteiger partial charge in [0.2, 0.25) is 5.91 Å². The number of benzene rings is 1. The van der Waals surface area contributed by atoms with Crippen molar-refractivity contribution < 1.29 is 14.3 Å². The molecular weight excluding hydrogens is 380 g/mol. The van der Waals surface area contributed by atoms with Crippen LogP contribution in [0.15, 0.2) is 54.9 Å². The summed E-state index contributed by atoms with van der Waals surface area (Å²) in [5.41, 5.74) is 1.11. The van der Waals surface area contributed by atoms with Gasteiger partial charge in [-0.25, -0.2) is 0 Å². The topological polar surface area (TPSA) is 83.6 Å². The van der Waals surface area contributed by atoms with Crippen LogP contribution < -0.4 is 15.4 Å². The van der Waals surface area contributed by atoms with E-state index in [0.29, 0.717) is 18.8 Å². The van der Waals surface area contributed by atoms with Crippen LogP contribution in [0.5, 0.6) is 5.75 Å². The van der Waals surface area contributed by atoms with Crippen molar-refractivity contribution in [3.63, 3.8) is 0 Å². The van der Waals surface area contributed by atoms with E-state index in [9.17, 15) is 9.59 Å². The molecule has 1 aromatic heterocycles. The summed E-state index contributed by atoms with van der Waals surface area (Å²) in [6, 6.07) is 13.2. The van der Waals surface area contributed by atoms with Gasteiger partial charge in [-0.3, -0.25) is 14.6 Å². The molecule has 2 aromatic rings. The van der Waals surface area contributed by atoms with Crippen LogP contribution in [0.1, 0.15) is 18.4 Å². The van der Waals surface area contributed by atoms with E-state index in [1.165, 1.54) is 0 Å². The maximum atomic E-state index is 12.6. The van der Waals surface area contributed by atoms with E-state index in [1.807, 2.05) is 55.7 Å². The number of rotatable bonds is 8. The second-order valence-corrected chi connectivity index (χ2v) is 7.76. The smallest absolute Gasteiger partial charge is 0.258 e. The monoisotopic (exact) mass is 410 g/mol. The first-order valence-corrected chi connectivity index (χ1v) is 10.4. The molecule has 1 fully saturated rings. The number of nitrogens with zero attached hydrogens (tertiary/aromatic N) is 2. The summed E-state index contributed by atoms with van der Waals surface area (Å²) in [5.74, 6) is 0.529. The van der Waals surface area contributed by atoms with Gasteiger partial charge in [-0.05, 0) is 50.1 Å². The van der Waals surface area contributed by atoms with Gasteiger partial charge in [0.25, 0.3) is 5.91 Å². The van der Waals surface area contributed by atoms with Crippen LogP contribution in [0.3, 0.4) is 0 Å². The van der Waals surface area contributed by atoms with E-state index in [-0.39, 0.29) is 30.4 Å². The van der Waals surface area contributed by atoms with Gasteiger partial charge in [0.15, 0.2) is 6.61 Å². The fourth-order valence-electron chi connectivity index (χ4n) is 3.70. The van der Waals surface area contributed by atoms with Crippen molar-refractivity contribution in [3.8, 4) is 5.75 Å². The number of pyridine rings is 1. The Kier molecular flexibility index (Phi) is 8.20. The summed E-state index contributed by atoms with van der Waals surface area (Å²) in [7, 11) is 1.99. The van der Waals surface area contributed by atoms with Gasteiger partial charge in [-0.15, -0.1) is 0 Å². The summed E-state index contributed by atoms with van der Waals surface area (Å²) in [4.78, 5) is 31.1. The Hall–Kier alpha value is -2.93. The summed E-state index contributed by atoms with van der Waals surface area (Å²) in [6.07, 6.45) is 5.84. The van der Waals surface area contributed by atoms with Crippen molar-refractivity contribution in [2.45, 2.75) is 25.3 Å².